The molecule has 0 bridgehead atoms. The molecule has 1 aromatic carbocycles. The molecule has 0 radical (unpaired) electrons. The molecule has 0 saturated carbocycles. The van der Waals surface area contributed by atoms with Crippen LogP contribution < -0.4 is 10.2 Å². The van der Waals surface area contributed by atoms with E-state index in [0.29, 0.717) is 23.7 Å². The van der Waals surface area contributed by atoms with E-state index in [-0.39, 0.29) is 30.7 Å². The Bertz CT molecular complexity index is 798. The number of carbonyl (C=O) groups excluding carboxylic acids is 2. The van der Waals surface area contributed by atoms with Crippen molar-refractivity contribution >= 4 is 29.7 Å². The molecule has 1 saturated heterocycles. The Morgan fingerprint density at radius 1 is 1.42 bits per heavy atom. The van der Waals surface area contributed by atoms with Crippen molar-refractivity contribution in [2.45, 2.75) is 26.4 Å². The lowest BCUT2D eigenvalue weighted by atomic mass is 10.1. The molecule has 24 heavy (non-hydrogen) atoms. The minimum Gasteiger partial charge on any atom is -0.348 e. The predicted molar refractivity (Wildman–Crippen MR) is 91.8 cm³/mol. The van der Waals surface area contributed by atoms with E-state index in [1.807, 2.05) is 41.8 Å². The van der Waals surface area contributed by atoms with Crippen LogP contribution in [0.1, 0.15) is 19.2 Å². The summed E-state index contributed by atoms with van der Waals surface area (Å²) in [5.74, 6) is 0.158. The quantitative estimate of drug-likeness (QED) is 0.807. The number of nitrogens with zero attached hydrogens (tertiary/aromatic N) is 3. The van der Waals surface area contributed by atoms with Gasteiger partial charge in [-0.3, -0.25) is 14.7 Å². The van der Waals surface area contributed by atoms with E-state index in [1.165, 1.54) is 0 Å². The fourth-order valence-corrected chi connectivity index (χ4v) is 3.14. The number of anilines is 1. The van der Waals surface area contributed by atoms with Crippen molar-refractivity contribution < 1.29 is 9.59 Å². The van der Waals surface area contributed by atoms with Crippen molar-refractivity contribution in [3.05, 3.63) is 40.9 Å². The second-order valence-electron chi connectivity index (χ2n) is 5.65. The van der Waals surface area contributed by atoms with E-state index in [4.69, 9.17) is 12.2 Å². The molecule has 8 heteroatoms. The fourth-order valence-electron chi connectivity index (χ4n) is 2.86. The average molecular weight is 345 g/mol. The molecular formula is C16H19N5O2S. The maximum Gasteiger partial charge on any atom is 0.227 e. The standard InChI is InChI=1S/C16H19N5O2S/c1-2-20-13(18-19-16(20)24)9-17-15(23)11-8-14(22)21(10-11)12-6-4-3-5-7-12/h3-7,11H,2,8-10H2,1H3,(H,17,23)(H,19,24). The third kappa shape index (κ3) is 3.23. The molecule has 1 aromatic heterocycles. The van der Waals surface area contributed by atoms with Crippen LogP contribution in [-0.2, 0) is 22.7 Å². The normalized spacial score (nSPS) is 17.3. The number of H-pyrrole nitrogens is 1. The van der Waals surface area contributed by atoms with Gasteiger partial charge in [0.25, 0.3) is 0 Å². The highest BCUT2D eigenvalue weighted by Gasteiger charge is 2.35. The molecular weight excluding hydrogens is 326 g/mol. The lowest BCUT2D eigenvalue weighted by Crippen LogP contribution is -2.33. The summed E-state index contributed by atoms with van der Waals surface area (Å²) >= 11 is 5.13. The number of amides is 2. The van der Waals surface area contributed by atoms with Crippen LogP contribution in [-0.4, -0.2) is 33.1 Å². The van der Waals surface area contributed by atoms with Crippen molar-refractivity contribution in [1.29, 1.82) is 0 Å². The Morgan fingerprint density at radius 2 is 2.17 bits per heavy atom. The number of rotatable bonds is 5. The van der Waals surface area contributed by atoms with Gasteiger partial charge in [0.2, 0.25) is 11.8 Å². The number of hydrogen-bond donors (Lipinski definition) is 2. The maximum absolute atomic E-state index is 12.4. The first-order valence-electron chi connectivity index (χ1n) is 7.87. The summed E-state index contributed by atoms with van der Waals surface area (Å²) < 4.78 is 2.36. The Hall–Kier alpha value is -2.48. The molecule has 126 valence electrons. The Kier molecular flexibility index (Phi) is 4.75. The summed E-state index contributed by atoms with van der Waals surface area (Å²) in [7, 11) is 0. The van der Waals surface area contributed by atoms with Gasteiger partial charge in [0.15, 0.2) is 10.6 Å². The van der Waals surface area contributed by atoms with E-state index in [9.17, 15) is 9.59 Å². The molecule has 2 N–H and O–H groups in total. The van der Waals surface area contributed by atoms with Gasteiger partial charge in [-0.15, -0.1) is 0 Å². The van der Waals surface area contributed by atoms with Crippen molar-refractivity contribution in [2.24, 2.45) is 5.92 Å². The van der Waals surface area contributed by atoms with Crippen LogP contribution in [0.15, 0.2) is 30.3 Å². The summed E-state index contributed by atoms with van der Waals surface area (Å²) in [4.78, 5) is 26.2. The highest BCUT2D eigenvalue weighted by molar-refractivity contribution is 7.71. The first kappa shape index (κ1) is 16.4. The van der Waals surface area contributed by atoms with Crippen molar-refractivity contribution in [3.63, 3.8) is 0 Å². The van der Waals surface area contributed by atoms with Crippen molar-refractivity contribution in [2.75, 3.05) is 11.4 Å². The SMILES string of the molecule is CCn1c(CNC(=O)C2CC(=O)N(c3ccccc3)C2)n[nH]c1=S. The number of nitrogens with one attached hydrogen (secondary N) is 2. The number of para-hydroxylation sites is 1. The monoisotopic (exact) mass is 345 g/mol. The molecule has 1 atom stereocenters. The molecule has 0 aliphatic carbocycles. The smallest absolute Gasteiger partial charge is 0.227 e. The molecule has 1 aliphatic heterocycles. The fraction of sp³-hybridized carbons (Fsp3) is 0.375. The van der Waals surface area contributed by atoms with Gasteiger partial charge in [-0.25, -0.2) is 0 Å². The minimum absolute atomic E-state index is 0.0300. The molecule has 7 nitrogen and oxygen atoms in total. The first-order valence-corrected chi connectivity index (χ1v) is 8.28. The number of aromatic amines is 1. The van der Waals surface area contributed by atoms with E-state index in [2.05, 4.69) is 15.5 Å². The Morgan fingerprint density at radius 3 is 2.88 bits per heavy atom. The van der Waals surface area contributed by atoms with Crippen LogP contribution in [0.3, 0.4) is 0 Å². The van der Waals surface area contributed by atoms with Crippen molar-refractivity contribution in [1.82, 2.24) is 20.1 Å². The predicted octanol–water partition coefficient (Wildman–Crippen LogP) is 1.63. The Balaban J connectivity index is 1.62. The molecule has 1 unspecified atom stereocenters. The second kappa shape index (κ2) is 6.96. The number of hydrogen-bond acceptors (Lipinski definition) is 4. The van der Waals surface area contributed by atoms with Crippen LogP contribution in [0.4, 0.5) is 5.69 Å². The second-order valence-corrected chi connectivity index (χ2v) is 6.03. The van der Waals surface area contributed by atoms with Gasteiger partial charge in [0, 0.05) is 25.2 Å². The third-order valence-electron chi connectivity index (χ3n) is 4.14. The van der Waals surface area contributed by atoms with Gasteiger partial charge in [0.1, 0.15) is 0 Å². The zero-order chi connectivity index (χ0) is 17.1. The molecule has 3 rings (SSSR count). The molecule has 2 aromatic rings. The van der Waals surface area contributed by atoms with Crippen LogP contribution in [0.25, 0.3) is 0 Å². The van der Waals surface area contributed by atoms with Crippen LogP contribution >= 0.6 is 12.2 Å². The van der Waals surface area contributed by atoms with E-state index in [1.54, 1.807) is 4.90 Å². The summed E-state index contributed by atoms with van der Waals surface area (Å²) in [6.45, 7) is 3.33. The highest BCUT2D eigenvalue weighted by Crippen LogP contribution is 2.24. The molecule has 1 fully saturated rings. The Labute approximate surface area is 144 Å². The van der Waals surface area contributed by atoms with Gasteiger partial charge in [-0.05, 0) is 31.3 Å². The summed E-state index contributed by atoms with van der Waals surface area (Å²) in [6.07, 6.45) is 0.224. The van der Waals surface area contributed by atoms with E-state index in [0.717, 1.165) is 5.69 Å². The molecule has 2 amide bonds. The van der Waals surface area contributed by atoms with Crippen LogP contribution in [0.2, 0.25) is 0 Å². The van der Waals surface area contributed by atoms with Gasteiger partial charge in [-0.1, -0.05) is 18.2 Å². The van der Waals surface area contributed by atoms with Crippen LogP contribution in [0, 0.1) is 10.7 Å². The average Bonchev–Trinajstić information content (AvgIpc) is 3.16. The van der Waals surface area contributed by atoms with Gasteiger partial charge in [-0.2, -0.15) is 5.10 Å². The first-order chi connectivity index (χ1) is 11.6. The largest absolute Gasteiger partial charge is 0.348 e. The van der Waals surface area contributed by atoms with Gasteiger partial charge in [0.05, 0.1) is 12.5 Å². The number of benzene rings is 1. The van der Waals surface area contributed by atoms with Crippen LogP contribution in [0.5, 0.6) is 0 Å². The zero-order valence-electron chi connectivity index (χ0n) is 13.4. The van der Waals surface area contributed by atoms with Gasteiger partial charge < -0.3 is 14.8 Å². The van der Waals surface area contributed by atoms with E-state index < -0.39 is 0 Å². The minimum atomic E-state index is -0.352. The van der Waals surface area contributed by atoms with Gasteiger partial charge >= 0.3 is 0 Å². The molecule has 1 aliphatic rings. The maximum atomic E-state index is 12.4. The lowest BCUT2D eigenvalue weighted by molar-refractivity contribution is -0.126. The number of aromatic nitrogens is 3. The summed E-state index contributed by atoms with van der Waals surface area (Å²) in [5, 5.41) is 9.69. The zero-order valence-corrected chi connectivity index (χ0v) is 14.2. The number of carbonyl (C=O) groups is 2. The summed E-state index contributed by atoms with van der Waals surface area (Å²) in [5.41, 5.74) is 0.824. The van der Waals surface area contributed by atoms with Crippen molar-refractivity contribution in [3.8, 4) is 0 Å². The third-order valence-corrected chi connectivity index (χ3v) is 4.45. The van der Waals surface area contributed by atoms with E-state index >= 15 is 0 Å². The molecule has 0 spiro atoms. The topological polar surface area (TPSA) is 83.0 Å². The highest BCUT2D eigenvalue weighted by atomic mass is 32.1. The lowest BCUT2D eigenvalue weighted by Gasteiger charge is -2.16. The molecule has 2 heterocycles. The summed E-state index contributed by atoms with van der Waals surface area (Å²) in [6, 6.07) is 9.40.